The second-order valence-corrected chi connectivity index (χ2v) is 7.78. The van der Waals surface area contributed by atoms with E-state index in [-0.39, 0.29) is 24.3 Å². The van der Waals surface area contributed by atoms with Gasteiger partial charge in [-0.1, -0.05) is 18.2 Å². The van der Waals surface area contributed by atoms with Gasteiger partial charge in [0.05, 0.1) is 13.2 Å². The molecule has 2 aliphatic heterocycles. The highest BCUT2D eigenvalue weighted by molar-refractivity contribution is 5.74. The Morgan fingerprint density at radius 2 is 1.82 bits per heavy atom. The van der Waals surface area contributed by atoms with E-state index in [1.54, 1.807) is 0 Å². The van der Waals surface area contributed by atoms with Crippen LogP contribution in [0.4, 0.5) is 10.5 Å². The minimum absolute atomic E-state index is 0.0680. The average molecular weight is 389 g/mol. The van der Waals surface area contributed by atoms with Crippen LogP contribution in [-0.2, 0) is 9.53 Å². The number of nitrogens with zero attached hydrogens (tertiary/aromatic N) is 3. The number of likely N-dealkylation sites (tertiary alicyclic amines) is 1. The molecule has 0 aliphatic carbocycles. The lowest BCUT2D eigenvalue weighted by Gasteiger charge is -2.41. The summed E-state index contributed by atoms with van der Waals surface area (Å²) in [5, 5.41) is 9.30. The van der Waals surface area contributed by atoms with E-state index < -0.39 is 5.97 Å². The number of hydrogen-bond acceptors (Lipinski definition) is 4. The molecule has 2 amide bonds. The summed E-state index contributed by atoms with van der Waals surface area (Å²) in [5.41, 5.74) is 1.15. The van der Waals surface area contributed by atoms with E-state index in [1.165, 1.54) is 0 Å². The maximum atomic E-state index is 12.9. The largest absolute Gasteiger partial charge is 0.481 e. The molecule has 0 spiro atoms. The zero-order valence-electron chi connectivity index (χ0n) is 16.6. The predicted molar refractivity (Wildman–Crippen MR) is 108 cm³/mol. The van der Waals surface area contributed by atoms with Crippen LogP contribution in [0.15, 0.2) is 30.3 Å². The smallest absolute Gasteiger partial charge is 0.320 e. The first-order valence-corrected chi connectivity index (χ1v) is 10.1. The number of carbonyl (C=O) groups is 2. The minimum atomic E-state index is -0.751. The monoisotopic (exact) mass is 389 g/mol. The second kappa shape index (κ2) is 9.78. The molecular formula is C21H31N3O4. The molecule has 7 heteroatoms. The number of carboxylic acids is 1. The summed E-state index contributed by atoms with van der Waals surface area (Å²) in [4.78, 5) is 30.1. The summed E-state index contributed by atoms with van der Waals surface area (Å²) in [6.45, 7) is 4.56. The molecular weight excluding hydrogens is 358 g/mol. The summed E-state index contributed by atoms with van der Waals surface area (Å²) in [6, 6.07) is 10.2. The molecule has 2 heterocycles. The fourth-order valence-electron chi connectivity index (χ4n) is 4.20. The Labute approximate surface area is 166 Å². The zero-order chi connectivity index (χ0) is 19.9. The van der Waals surface area contributed by atoms with E-state index in [9.17, 15) is 14.7 Å². The van der Waals surface area contributed by atoms with Crippen LogP contribution in [0.3, 0.4) is 0 Å². The van der Waals surface area contributed by atoms with Crippen LogP contribution in [0.5, 0.6) is 0 Å². The molecule has 2 aliphatic rings. The number of carboxylic acid groups (broad SMARTS) is 1. The Kier molecular flexibility index (Phi) is 7.14. The number of hydrogen-bond donors (Lipinski definition) is 1. The van der Waals surface area contributed by atoms with Crippen molar-refractivity contribution in [3.05, 3.63) is 30.3 Å². The van der Waals surface area contributed by atoms with Gasteiger partial charge in [-0.3, -0.25) is 4.79 Å². The highest BCUT2D eigenvalue weighted by Gasteiger charge is 2.34. The summed E-state index contributed by atoms with van der Waals surface area (Å²) >= 11 is 0. The number of benzene rings is 1. The van der Waals surface area contributed by atoms with Crippen molar-refractivity contribution in [1.82, 2.24) is 9.80 Å². The number of amides is 2. The third-order valence-electron chi connectivity index (χ3n) is 5.91. The number of piperidine rings is 1. The number of para-hydroxylation sites is 1. The number of rotatable bonds is 6. The normalized spacial score (nSPS) is 22.8. The van der Waals surface area contributed by atoms with Crippen LogP contribution in [0.25, 0.3) is 0 Å². The van der Waals surface area contributed by atoms with Gasteiger partial charge in [0.15, 0.2) is 0 Å². The van der Waals surface area contributed by atoms with Crippen molar-refractivity contribution in [2.45, 2.75) is 19.3 Å². The Morgan fingerprint density at radius 1 is 1.11 bits per heavy atom. The molecule has 0 saturated carbocycles. The second-order valence-electron chi connectivity index (χ2n) is 7.78. The van der Waals surface area contributed by atoms with Crippen molar-refractivity contribution in [2.24, 2.45) is 11.8 Å². The Hall–Kier alpha value is -2.28. The van der Waals surface area contributed by atoms with Crippen LogP contribution in [-0.4, -0.2) is 79.9 Å². The Bertz CT molecular complexity index is 648. The van der Waals surface area contributed by atoms with Crippen molar-refractivity contribution < 1.29 is 19.4 Å². The van der Waals surface area contributed by atoms with Gasteiger partial charge >= 0.3 is 12.0 Å². The van der Waals surface area contributed by atoms with Gasteiger partial charge < -0.3 is 24.5 Å². The topological polar surface area (TPSA) is 73.3 Å². The van der Waals surface area contributed by atoms with Gasteiger partial charge in [0.2, 0.25) is 0 Å². The lowest BCUT2D eigenvalue weighted by molar-refractivity contribution is -0.139. The van der Waals surface area contributed by atoms with Gasteiger partial charge in [-0.05, 0) is 36.8 Å². The van der Waals surface area contributed by atoms with E-state index >= 15 is 0 Å². The van der Waals surface area contributed by atoms with Crippen molar-refractivity contribution >= 4 is 17.7 Å². The van der Waals surface area contributed by atoms with Gasteiger partial charge in [0.25, 0.3) is 0 Å². The van der Waals surface area contributed by atoms with E-state index in [4.69, 9.17) is 4.74 Å². The van der Waals surface area contributed by atoms with Gasteiger partial charge in [0, 0.05) is 51.9 Å². The first-order chi connectivity index (χ1) is 13.5. The number of carbonyl (C=O) groups excluding carboxylic acids is 1. The molecule has 0 unspecified atom stereocenters. The summed E-state index contributed by atoms with van der Waals surface area (Å²) in [5.74, 6) is -0.434. The van der Waals surface area contributed by atoms with Crippen LogP contribution < -0.4 is 4.90 Å². The summed E-state index contributed by atoms with van der Waals surface area (Å²) in [6.07, 6.45) is 1.80. The molecule has 1 N–H and O–H groups in total. The van der Waals surface area contributed by atoms with E-state index in [2.05, 4.69) is 24.1 Å². The molecule has 3 rings (SSSR count). The highest BCUT2D eigenvalue weighted by Crippen LogP contribution is 2.30. The van der Waals surface area contributed by atoms with Gasteiger partial charge in [-0.15, -0.1) is 0 Å². The third-order valence-corrected chi connectivity index (χ3v) is 5.91. The fourth-order valence-corrected chi connectivity index (χ4v) is 4.20. The van der Waals surface area contributed by atoms with Crippen molar-refractivity contribution in [3.8, 4) is 0 Å². The molecule has 2 saturated heterocycles. The van der Waals surface area contributed by atoms with E-state index in [0.717, 1.165) is 25.1 Å². The molecule has 1 aromatic carbocycles. The van der Waals surface area contributed by atoms with Gasteiger partial charge in [-0.25, -0.2) is 4.79 Å². The molecule has 28 heavy (non-hydrogen) atoms. The molecule has 7 nitrogen and oxygen atoms in total. The molecule has 2 atom stereocenters. The molecule has 2 fully saturated rings. The van der Waals surface area contributed by atoms with Gasteiger partial charge in [-0.2, -0.15) is 0 Å². The minimum Gasteiger partial charge on any atom is -0.481 e. The van der Waals surface area contributed by atoms with Crippen molar-refractivity contribution in [2.75, 3.05) is 57.9 Å². The van der Waals surface area contributed by atoms with E-state index in [1.807, 2.05) is 28.0 Å². The van der Waals surface area contributed by atoms with Gasteiger partial charge in [0.1, 0.15) is 0 Å². The SMILES string of the molecule is CN(CC[C@@H]1CN(C(=O)N2CCOCC2)CC[C@H]1CC(=O)O)c1ccccc1. The van der Waals surface area contributed by atoms with Crippen LogP contribution in [0.1, 0.15) is 19.3 Å². The Balaban J connectivity index is 1.61. The fraction of sp³-hybridized carbons (Fsp3) is 0.619. The molecule has 0 aromatic heterocycles. The van der Waals surface area contributed by atoms with Crippen molar-refractivity contribution in [3.63, 3.8) is 0 Å². The Morgan fingerprint density at radius 3 is 2.50 bits per heavy atom. The summed E-state index contributed by atoms with van der Waals surface area (Å²) < 4.78 is 5.34. The molecule has 154 valence electrons. The van der Waals surface area contributed by atoms with Crippen molar-refractivity contribution in [1.29, 1.82) is 0 Å². The first-order valence-electron chi connectivity index (χ1n) is 10.1. The standard InChI is InChI=1S/C21H31N3O4/c1-22(19-5-3-2-4-6-19)9-7-18-16-24(10-8-17(18)15-20(25)26)21(27)23-11-13-28-14-12-23/h2-6,17-18H,7-16H2,1H3,(H,25,26)/t17-,18+/m0/s1. The number of ether oxygens (including phenoxy) is 1. The zero-order valence-corrected chi connectivity index (χ0v) is 16.6. The van der Waals surface area contributed by atoms with E-state index in [0.29, 0.717) is 39.4 Å². The first kappa shape index (κ1) is 20.5. The number of aliphatic carboxylic acids is 1. The lowest BCUT2D eigenvalue weighted by Crippen LogP contribution is -2.52. The van der Waals surface area contributed by atoms with Crippen LogP contribution >= 0.6 is 0 Å². The highest BCUT2D eigenvalue weighted by atomic mass is 16.5. The molecule has 0 bridgehead atoms. The lowest BCUT2D eigenvalue weighted by atomic mass is 9.81. The number of urea groups is 1. The number of morpholine rings is 1. The maximum absolute atomic E-state index is 12.9. The predicted octanol–water partition coefficient (Wildman–Crippen LogP) is 2.38. The average Bonchev–Trinajstić information content (AvgIpc) is 2.73. The maximum Gasteiger partial charge on any atom is 0.320 e. The third kappa shape index (κ3) is 5.38. The molecule has 0 radical (unpaired) electrons. The van der Waals surface area contributed by atoms with Crippen LogP contribution in [0, 0.1) is 11.8 Å². The molecule has 1 aromatic rings. The van der Waals surface area contributed by atoms with Crippen LogP contribution in [0.2, 0.25) is 0 Å². The quantitative estimate of drug-likeness (QED) is 0.809. The summed E-state index contributed by atoms with van der Waals surface area (Å²) in [7, 11) is 2.06. The number of anilines is 1.